The van der Waals surface area contributed by atoms with Gasteiger partial charge < -0.3 is 5.11 Å². The fourth-order valence-electron chi connectivity index (χ4n) is 4.57. The van der Waals surface area contributed by atoms with Gasteiger partial charge in [-0.15, -0.1) is 0 Å². The molecular weight excluding hydrogens is 473 g/mol. The number of rotatable bonds is 10. The van der Waals surface area contributed by atoms with Crippen LogP contribution in [-0.2, 0) is 15.0 Å². The number of amides is 1. The fourth-order valence-corrected chi connectivity index (χ4v) is 5.62. The molecule has 0 radical (unpaired) electrons. The number of nitrogens with one attached hydrogen (secondary N) is 2. The van der Waals surface area contributed by atoms with E-state index in [0.717, 1.165) is 49.9 Å². The van der Waals surface area contributed by atoms with E-state index < -0.39 is 40.7 Å². The predicted molar refractivity (Wildman–Crippen MR) is 130 cm³/mol. The Morgan fingerprint density at radius 3 is 2.60 bits per heavy atom. The molecule has 2 unspecified atom stereocenters. The molecule has 1 saturated heterocycles. The zero-order valence-electron chi connectivity index (χ0n) is 19.7. The highest BCUT2D eigenvalue weighted by atomic mass is 32.2. The number of aliphatic hydroxyl groups is 1. The molecule has 1 aromatic heterocycles. The molecule has 1 aliphatic heterocycles. The third kappa shape index (κ3) is 6.42. The molecule has 2 atom stereocenters. The second kappa shape index (κ2) is 11.1. The topological polar surface area (TPSA) is 115 Å². The molecule has 0 bridgehead atoms. The van der Waals surface area contributed by atoms with Crippen LogP contribution in [-0.4, -0.2) is 60.6 Å². The van der Waals surface area contributed by atoms with E-state index in [1.54, 1.807) is 12.1 Å². The van der Waals surface area contributed by atoms with Crippen LogP contribution in [0.2, 0.25) is 0 Å². The molecule has 2 fully saturated rings. The van der Waals surface area contributed by atoms with E-state index in [9.17, 15) is 22.7 Å². The Bertz CT molecular complexity index is 1140. The monoisotopic (exact) mass is 505 g/mol. The Balaban J connectivity index is 1.71. The summed E-state index contributed by atoms with van der Waals surface area (Å²) in [6, 6.07) is 7.62. The number of pyridine rings is 1. The highest BCUT2D eigenvalue weighted by molar-refractivity contribution is 7.87. The van der Waals surface area contributed by atoms with Crippen molar-refractivity contribution in [3.8, 4) is 0 Å². The average Bonchev–Trinajstić information content (AvgIpc) is 3.69. The van der Waals surface area contributed by atoms with E-state index in [0.29, 0.717) is 18.7 Å². The molecule has 190 valence electrons. The minimum Gasteiger partial charge on any atom is -0.376 e. The zero-order chi connectivity index (χ0) is 25.0. The Hall–Kier alpha value is -2.44. The van der Waals surface area contributed by atoms with Gasteiger partial charge in [0.25, 0.3) is 10.2 Å². The minimum absolute atomic E-state index is 0.0778. The van der Waals surface area contributed by atoms with Gasteiger partial charge in [-0.1, -0.05) is 43.5 Å². The maximum absolute atomic E-state index is 14.2. The summed E-state index contributed by atoms with van der Waals surface area (Å²) in [5.74, 6) is -1.29. The summed E-state index contributed by atoms with van der Waals surface area (Å²) in [6.45, 7) is 2.12. The molecule has 1 aliphatic carbocycles. The van der Waals surface area contributed by atoms with Crippen molar-refractivity contribution in [1.82, 2.24) is 19.3 Å². The Kier molecular flexibility index (Phi) is 8.12. The first-order valence-corrected chi connectivity index (χ1v) is 13.4. The van der Waals surface area contributed by atoms with Gasteiger partial charge in [-0.25, -0.2) is 4.39 Å². The lowest BCUT2D eigenvalue weighted by Gasteiger charge is -2.38. The summed E-state index contributed by atoms with van der Waals surface area (Å²) in [5, 5.41) is 14.7. The van der Waals surface area contributed by atoms with Gasteiger partial charge in [-0.05, 0) is 30.9 Å². The van der Waals surface area contributed by atoms with Gasteiger partial charge >= 0.3 is 0 Å². The summed E-state index contributed by atoms with van der Waals surface area (Å²) in [5.41, 5.74) is 1.61. The van der Waals surface area contributed by atoms with Crippen LogP contribution in [0.1, 0.15) is 49.3 Å². The summed E-state index contributed by atoms with van der Waals surface area (Å²) < 4.78 is 42.3. The standard InChI is InChI=1S/C24H32FN5O4S/c1-17-7-5-6-10-21(17)23(24(32)28-19-8-3-2-4-9-19)30(20-13-18(25)14-26-15-20)22(31)16-27-35(33,34)29-11-12-29/h5-7,10,13-15,19,23-24,27-28,32H,2-4,8-9,11-12,16H2,1H3. The number of carbonyl (C=O) groups is 1. The number of nitrogens with zero attached hydrogens (tertiary/aromatic N) is 3. The van der Waals surface area contributed by atoms with Crippen molar-refractivity contribution in [2.45, 2.75) is 57.3 Å². The second-order valence-electron chi connectivity index (χ2n) is 9.10. The molecule has 2 aromatic rings. The summed E-state index contributed by atoms with van der Waals surface area (Å²) in [7, 11) is -3.78. The van der Waals surface area contributed by atoms with Crippen molar-refractivity contribution in [3.63, 3.8) is 0 Å². The quantitative estimate of drug-likeness (QED) is 0.336. The molecule has 11 heteroatoms. The van der Waals surface area contributed by atoms with Crippen LogP contribution in [0.15, 0.2) is 42.7 Å². The number of carbonyl (C=O) groups excluding carboxylic acids is 1. The molecule has 1 aromatic carbocycles. The van der Waals surface area contributed by atoms with Gasteiger partial charge in [-0.2, -0.15) is 17.4 Å². The third-order valence-electron chi connectivity index (χ3n) is 6.49. The summed E-state index contributed by atoms with van der Waals surface area (Å²) >= 11 is 0. The summed E-state index contributed by atoms with van der Waals surface area (Å²) in [4.78, 5) is 18.7. The highest BCUT2D eigenvalue weighted by Crippen LogP contribution is 2.32. The van der Waals surface area contributed by atoms with Crippen LogP contribution in [0.25, 0.3) is 0 Å². The Labute approximate surface area is 205 Å². The smallest absolute Gasteiger partial charge is 0.280 e. The average molecular weight is 506 g/mol. The number of hydrogen-bond donors (Lipinski definition) is 3. The van der Waals surface area contributed by atoms with Crippen LogP contribution in [0.3, 0.4) is 0 Å². The van der Waals surface area contributed by atoms with Gasteiger partial charge in [0.1, 0.15) is 18.1 Å². The van der Waals surface area contributed by atoms with Gasteiger partial charge in [0.05, 0.1) is 24.6 Å². The largest absolute Gasteiger partial charge is 0.376 e. The third-order valence-corrected chi connectivity index (χ3v) is 8.04. The molecule has 35 heavy (non-hydrogen) atoms. The molecule has 9 nitrogen and oxygen atoms in total. The van der Waals surface area contributed by atoms with Crippen molar-refractivity contribution >= 4 is 21.8 Å². The molecule has 4 rings (SSSR count). The number of aromatic nitrogens is 1. The van der Waals surface area contributed by atoms with E-state index in [1.807, 2.05) is 19.1 Å². The lowest BCUT2D eigenvalue weighted by Crippen LogP contribution is -2.52. The lowest BCUT2D eigenvalue weighted by molar-refractivity contribution is -0.118. The molecule has 1 amide bonds. The Morgan fingerprint density at radius 2 is 1.94 bits per heavy atom. The maximum atomic E-state index is 14.2. The van der Waals surface area contributed by atoms with Gasteiger partial charge in [-0.3, -0.25) is 20.0 Å². The molecule has 1 saturated carbocycles. The first-order chi connectivity index (χ1) is 16.8. The van der Waals surface area contributed by atoms with Gasteiger partial charge in [0, 0.05) is 25.2 Å². The van der Waals surface area contributed by atoms with E-state index in [1.165, 1.54) is 15.4 Å². The second-order valence-corrected chi connectivity index (χ2v) is 10.9. The van der Waals surface area contributed by atoms with Crippen molar-refractivity contribution in [3.05, 3.63) is 59.7 Å². The van der Waals surface area contributed by atoms with Crippen molar-refractivity contribution in [2.75, 3.05) is 24.5 Å². The van der Waals surface area contributed by atoms with Crippen LogP contribution in [0.4, 0.5) is 10.1 Å². The molecule has 0 spiro atoms. The SMILES string of the molecule is Cc1ccccc1C(C(O)NC1CCCCC1)N(C(=O)CNS(=O)(=O)N1CC1)c1cncc(F)c1. The van der Waals surface area contributed by atoms with E-state index >= 15 is 0 Å². The Morgan fingerprint density at radius 1 is 1.23 bits per heavy atom. The first kappa shape index (κ1) is 25.6. The van der Waals surface area contributed by atoms with E-state index in [-0.39, 0.29) is 11.7 Å². The first-order valence-electron chi connectivity index (χ1n) is 11.9. The van der Waals surface area contributed by atoms with Crippen molar-refractivity contribution < 1.29 is 22.7 Å². The van der Waals surface area contributed by atoms with Crippen LogP contribution >= 0.6 is 0 Å². The fraction of sp³-hybridized carbons (Fsp3) is 0.500. The molecule has 2 heterocycles. The maximum Gasteiger partial charge on any atom is 0.280 e. The number of halogens is 1. The predicted octanol–water partition coefficient (Wildman–Crippen LogP) is 1.99. The summed E-state index contributed by atoms with van der Waals surface area (Å²) in [6.07, 6.45) is 6.22. The van der Waals surface area contributed by atoms with Crippen LogP contribution in [0, 0.1) is 12.7 Å². The molecule has 2 aliphatic rings. The lowest BCUT2D eigenvalue weighted by atomic mass is 9.93. The number of benzene rings is 1. The number of aliphatic hydroxyl groups excluding tert-OH is 1. The van der Waals surface area contributed by atoms with E-state index in [2.05, 4.69) is 15.0 Å². The van der Waals surface area contributed by atoms with Crippen LogP contribution in [0.5, 0.6) is 0 Å². The minimum atomic E-state index is -3.78. The van der Waals surface area contributed by atoms with Crippen molar-refractivity contribution in [2.24, 2.45) is 0 Å². The highest BCUT2D eigenvalue weighted by Gasteiger charge is 2.37. The number of anilines is 1. The van der Waals surface area contributed by atoms with Crippen molar-refractivity contribution in [1.29, 1.82) is 0 Å². The van der Waals surface area contributed by atoms with Gasteiger partial charge in [0.2, 0.25) is 5.91 Å². The molecule has 3 N–H and O–H groups in total. The molecular formula is C24H32FN5O4S. The van der Waals surface area contributed by atoms with E-state index in [4.69, 9.17) is 0 Å². The van der Waals surface area contributed by atoms with Crippen LogP contribution < -0.4 is 14.9 Å². The number of hydrogen-bond acceptors (Lipinski definition) is 6. The number of aryl methyl sites for hydroxylation is 1. The van der Waals surface area contributed by atoms with Gasteiger partial charge in [0.15, 0.2) is 0 Å². The zero-order valence-corrected chi connectivity index (χ0v) is 20.5. The normalized spacial score (nSPS) is 18.7.